The molecular formula is C42H47N5O6. The highest BCUT2D eigenvalue weighted by Crippen LogP contribution is 2.31. The fourth-order valence-electron chi connectivity index (χ4n) is 6.53. The van der Waals surface area contributed by atoms with E-state index in [2.05, 4.69) is 49.8 Å². The number of aliphatic hydroxyl groups is 1. The minimum atomic E-state index is -0.578. The van der Waals surface area contributed by atoms with Crippen LogP contribution in [0.25, 0.3) is 16.6 Å². The van der Waals surface area contributed by atoms with Gasteiger partial charge >= 0.3 is 12.0 Å². The molecule has 11 heteroatoms. The molecule has 1 aromatic heterocycles. The molecule has 1 saturated heterocycles. The number of anilines is 2. The highest BCUT2D eigenvalue weighted by atomic mass is 16.5. The number of esters is 1. The molecular weight excluding hydrogens is 670 g/mol. The summed E-state index contributed by atoms with van der Waals surface area (Å²) < 4.78 is 13.5. The van der Waals surface area contributed by atoms with Gasteiger partial charge in [-0.3, -0.25) is 9.69 Å². The zero-order valence-corrected chi connectivity index (χ0v) is 30.4. The van der Waals surface area contributed by atoms with Gasteiger partial charge in [-0.15, -0.1) is 0 Å². The number of amides is 3. The molecule has 0 unspecified atom stereocenters. The lowest BCUT2D eigenvalue weighted by atomic mass is 10.1. The molecule has 4 N–H and O–H groups in total. The van der Waals surface area contributed by atoms with Gasteiger partial charge in [-0.25, -0.2) is 9.59 Å². The number of hydrogen-bond donors (Lipinski definition) is 4. The van der Waals surface area contributed by atoms with E-state index in [-0.39, 0.29) is 42.0 Å². The molecule has 2 heterocycles. The summed E-state index contributed by atoms with van der Waals surface area (Å²) in [4.78, 5) is 40.9. The normalized spacial score (nSPS) is 13.5. The van der Waals surface area contributed by atoms with Crippen molar-refractivity contribution in [2.45, 2.75) is 65.1 Å². The van der Waals surface area contributed by atoms with Crippen molar-refractivity contribution in [3.05, 3.63) is 114 Å². The first kappa shape index (κ1) is 37.1. The van der Waals surface area contributed by atoms with Gasteiger partial charge in [-0.05, 0) is 111 Å². The molecule has 0 spiro atoms. The molecule has 5 aromatic rings. The maximum Gasteiger partial charge on any atom is 0.342 e. The second kappa shape index (κ2) is 17.2. The van der Waals surface area contributed by atoms with Crippen LogP contribution in [0.4, 0.5) is 16.2 Å². The number of hydrogen-bond acceptors (Lipinski definition) is 7. The summed E-state index contributed by atoms with van der Waals surface area (Å²) in [7, 11) is 0. The summed E-state index contributed by atoms with van der Waals surface area (Å²) in [6.45, 7) is 8.48. The number of carbonyl (C=O) groups excluding carboxylic acids is 3. The summed E-state index contributed by atoms with van der Waals surface area (Å²) in [5.74, 6) is -0.121. The number of aromatic nitrogens is 1. The van der Waals surface area contributed by atoms with Crippen LogP contribution in [0.15, 0.2) is 97.2 Å². The lowest BCUT2D eigenvalue weighted by Crippen LogP contribution is -2.37. The van der Waals surface area contributed by atoms with Crippen LogP contribution >= 0.6 is 0 Å². The van der Waals surface area contributed by atoms with E-state index < -0.39 is 5.97 Å². The van der Waals surface area contributed by atoms with Crippen LogP contribution in [0.3, 0.4) is 0 Å². The van der Waals surface area contributed by atoms with E-state index in [1.807, 2.05) is 44.2 Å². The van der Waals surface area contributed by atoms with Gasteiger partial charge in [-0.2, -0.15) is 0 Å². The number of fused-ring (bicyclic) bond motifs is 1. The number of rotatable bonds is 13. The van der Waals surface area contributed by atoms with E-state index in [0.29, 0.717) is 22.7 Å². The monoisotopic (exact) mass is 717 g/mol. The Labute approximate surface area is 309 Å². The molecule has 1 aliphatic heterocycles. The number of aliphatic hydroxyl groups excluding tert-OH is 1. The lowest BCUT2D eigenvalue weighted by molar-refractivity contribution is 0.0523. The van der Waals surface area contributed by atoms with Crippen LogP contribution < -0.4 is 20.7 Å². The van der Waals surface area contributed by atoms with Crippen molar-refractivity contribution in [3.8, 4) is 17.2 Å². The SMILES string of the molecule is CCOC(=O)c1cc(NC(=O)NC(CC)CC)ccc1Oc1ccc(NC(=O)c2ccc(-n3cc(CN4CCC(O)CC4)c4ccccc43)cc2)cc1. The van der Waals surface area contributed by atoms with E-state index >= 15 is 0 Å². The number of urea groups is 1. The van der Waals surface area contributed by atoms with Crippen LogP contribution in [0.2, 0.25) is 0 Å². The number of likely N-dealkylation sites (tertiary alicyclic amines) is 1. The van der Waals surface area contributed by atoms with Gasteiger partial charge in [0, 0.05) is 59.9 Å². The van der Waals surface area contributed by atoms with Crippen LogP contribution in [0.5, 0.6) is 11.5 Å². The average Bonchev–Trinajstić information content (AvgIpc) is 3.54. The highest BCUT2D eigenvalue weighted by molar-refractivity contribution is 6.04. The molecule has 1 fully saturated rings. The Morgan fingerprint density at radius 2 is 1.55 bits per heavy atom. The van der Waals surface area contributed by atoms with Crippen molar-refractivity contribution in [2.75, 3.05) is 30.3 Å². The molecule has 0 atom stereocenters. The number of benzene rings is 4. The van der Waals surface area contributed by atoms with E-state index in [4.69, 9.17) is 9.47 Å². The van der Waals surface area contributed by atoms with Crippen LogP contribution in [-0.4, -0.2) is 64.3 Å². The fourth-order valence-corrected chi connectivity index (χ4v) is 6.53. The second-order valence-electron chi connectivity index (χ2n) is 13.2. The number of ether oxygens (including phenoxy) is 2. The third kappa shape index (κ3) is 9.24. The highest BCUT2D eigenvalue weighted by Gasteiger charge is 2.20. The zero-order valence-electron chi connectivity index (χ0n) is 30.4. The molecule has 0 bridgehead atoms. The first-order valence-electron chi connectivity index (χ1n) is 18.3. The Balaban J connectivity index is 1.10. The topological polar surface area (TPSA) is 134 Å². The average molecular weight is 718 g/mol. The van der Waals surface area contributed by atoms with E-state index in [0.717, 1.165) is 56.5 Å². The van der Waals surface area contributed by atoms with Gasteiger partial charge in [0.1, 0.15) is 17.1 Å². The van der Waals surface area contributed by atoms with E-state index in [9.17, 15) is 19.5 Å². The first-order valence-corrected chi connectivity index (χ1v) is 18.3. The van der Waals surface area contributed by atoms with Gasteiger partial charge in [0.15, 0.2) is 0 Å². The van der Waals surface area contributed by atoms with Crippen molar-refractivity contribution in [1.82, 2.24) is 14.8 Å². The third-order valence-corrected chi connectivity index (χ3v) is 9.55. The Kier molecular flexibility index (Phi) is 12.1. The van der Waals surface area contributed by atoms with E-state index in [1.165, 1.54) is 17.0 Å². The van der Waals surface area contributed by atoms with Crippen molar-refractivity contribution >= 4 is 40.2 Å². The molecule has 1 aliphatic rings. The van der Waals surface area contributed by atoms with Gasteiger partial charge in [-0.1, -0.05) is 32.0 Å². The molecule has 276 valence electrons. The van der Waals surface area contributed by atoms with Gasteiger partial charge in [0.05, 0.1) is 18.2 Å². The quantitative estimate of drug-likeness (QED) is 0.0904. The minimum absolute atomic E-state index is 0.0493. The summed E-state index contributed by atoms with van der Waals surface area (Å²) in [5, 5.41) is 19.7. The zero-order chi connectivity index (χ0) is 37.3. The summed E-state index contributed by atoms with van der Waals surface area (Å²) in [5.41, 5.74) is 4.97. The molecule has 0 radical (unpaired) electrons. The van der Waals surface area contributed by atoms with Gasteiger partial charge in [0.25, 0.3) is 5.91 Å². The summed E-state index contributed by atoms with van der Waals surface area (Å²) in [6, 6.07) is 27.2. The first-order chi connectivity index (χ1) is 25.7. The molecule has 0 aliphatic carbocycles. The Hall–Kier alpha value is -5.65. The largest absolute Gasteiger partial charge is 0.462 e. The summed E-state index contributed by atoms with van der Waals surface area (Å²) in [6.07, 6.45) is 5.18. The van der Waals surface area contributed by atoms with E-state index in [1.54, 1.807) is 43.3 Å². The standard InChI is InChI=1S/C42H47N5O6/c1-4-30(5-2)44-42(51)45-32-15-20-39(37(25-32)41(50)52-6-3)53-35-18-13-31(14-19-35)43-40(49)28-11-16-33(17-12-28)47-27-29(36-9-7-8-10-38(36)47)26-46-23-21-34(48)22-24-46/h7-20,25,27,30,34,48H,4-6,21-24,26H2,1-3H3,(H,43,49)(H2,44,45,51). The number of para-hydroxylation sites is 1. The number of nitrogens with zero attached hydrogens (tertiary/aromatic N) is 2. The van der Waals surface area contributed by atoms with Gasteiger partial charge in [0.2, 0.25) is 0 Å². The lowest BCUT2D eigenvalue weighted by Gasteiger charge is -2.29. The number of nitrogens with one attached hydrogen (secondary N) is 3. The van der Waals surface area contributed by atoms with Crippen LogP contribution in [0.1, 0.15) is 72.7 Å². The molecule has 0 saturated carbocycles. The number of carbonyl (C=O) groups is 3. The Morgan fingerprint density at radius 1 is 0.849 bits per heavy atom. The maximum absolute atomic E-state index is 13.2. The van der Waals surface area contributed by atoms with Crippen LogP contribution in [0, 0.1) is 0 Å². The fraction of sp³-hybridized carbons (Fsp3) is 0.310. The maximum atomic E-state index is 13.2. The molecule has 4 aromatic carbocycles. The second-order valence-corrected chi connectivity index (χ2v) is 13.2. The molecule has 53 heavy (non-hydrogen) atoms. The molecule has 3 amide bonds. The molecule has 11 nitrogen and oxygen atoms in total. The van der Waals surface area contributed by atoms with Crippen molar-refractivity contribution in [3.63, 3.8) is 0 Å². The van der Waals surface area contributed by atoms with Crippen molar-refractivity contribution < 1.29 is 29.0 Å². The predicted molar refractivity (Wildman–Crippen MR) is 207 cm³/mol. The molecule has 6 rings (SSSR count). The van der Waals surface area contributed by atoms with Crippen molar-refractivity contribution in [1.29, 1.82) is 0 Å². The number of piperidine rings is 1. The Bertz CT molecular complexity index is 2030. The minimum Gasteiger partial charge on any atom is -0.462 e. The van der Waals surface area contributed by atoms with Gasteiger partial charge < -0.3 is 35.1 Å². The van der Waals surface area contributed by atoms with Crippen molar-refractivity contribution in [2.24, 2.45) is 0 Å². The smallest absolute Gasteiger partial charge is 0.342 e. The Morgan fingerprint density at radius 3 is 2.25 bits per heavy atom. The predicted octanol–water partition coefficient (Wildman–Crippen LogP) is 8.12. The van der Waals surface area contributed by atoms with Crippen LogP contribution in [-0.2, 0) is 11.3 Å². The summed E-state index contributed by atoms with van der Waals surface area (Å²) >= 11 is 0. The third-order valence-electron chi connectivity index (χ3n) is 9.55.